The summed E-state index contributed by atoms with van der Waals surface area (Å²) in [6.07, 6.45) is -4.43. The maximum absolute atomic E-state index is 12.6. The standard InChI is InChI=1S/C9H17F3N2O/c1-6-5-15-7(2)4-14(6)8(3-13)9(10,11)12/h6-8H,3-5,13H2,1-2H3. The minimum absolute atomic E-state index is 0.169. The third-order valence-corrected chi connectivity index (χ3v) is 2.66. The molecule has 90 valence electrons. The van der Waals surface area contributed by atoms with E-state index in [2.05, 4.69) is 0 Å². The molecule has 3 unspecified atom stereocenters. The zero-order valence-electron chi connectivity index (χ0n) is 8.92. The lowest BCUT2D eigenvalue weighted by molar-refractivity contribution is -0.202. The Hall–Kier alpha value is -0.330. The Kier molecular flexibility index (Phi) is 3.97. The van der Waals surface area contributed by atoms with Crippen molar-refractivity contribution in [3.63, 3.8) is 0 Å². The van der Waals surface area contributed by atoms with Gasteiger partial charge in [-0.15, -0.1) is 0 Å². The Labute approximate surface area is 87.4 Å². The third kappa shape index (κ3) is 3.06. The van der Waals surface area contributed by atoms with Crippen LogP contribution in [-0.2, 0) is 4.74 Å². The molecule has 1 saturated heterocycles. The average molecular weight is 226 g/mol. The van der Waals surface area contributed by atoms with Crippen molar-refractivity contribution in [1.82, 2.24) is 4.90 Å². The van der Waals surface area contributed by atoms with Crippen LogP contribution in [0.5, 0.6) is 0 Å². The second-order valence-electron chi connectivity index (χ2n) is 3.98. The van der Waals surface area contributed by atoms with Gasteiger partial charge in [-0.2, -0.15) is 13.2 Å². The smallest absolute Gasteiger partial charge is 0.376 e. The van der Waals surface area contributed by atoms with Crippen LogP contribution < -0.4 is 5.73 Å². The number of rotatable bonds is 2. The molecule has 0 aliphatic carbocycles. The topological polar surface area (TPSA) is 38.5 Å². The van der Waals surface area contributed by atoms with Gasteiger partial charge in [0.05, 0.1) is 12.7 Å². The Morgan fingerprint density at radius 2 is 2.07 bits per heavy atom. The largest absolute Gasteiger partial charge is 0.405 e. The number of alkyl halides is 3. The number of ether oxygens (including phenoxy) is 1. The molecular formula is C9H17F3N2O. The Bertz CT molecular complexity index is 210. The van der Waals surface area contributed by atoms with E-state index < -0.39 is 18.8 Å². The molecule has 0 amide bonds. The van der Waals surface area contributed by atoms with Gasteiger partial charge in [0.15, 0.2) is 0 Å². The first-order valence-electron chi connectivity index (χ1n) is 5.00. The Morgan fingerprint density at radius 1 is 1.47 bits per heavy atom. The first-order valence-corrected chi connectivity index (χ1v) is 5.00. The fourth-order valence-electron chi connectivity index (χ4n) is 1.82. The SMILES string of the molecule is CC1CN(C(CN)C(F)(F)F)C(C)CO1. The van der Waals surface area contributed by atoms with Crippen molar-refractivity contribution in [2.24, 2.45) is 5.73 Å². The van der Waals surface area contributed by atoms with Crippen molar-refractivity contribution in [2.45, 2.75) is 38.2 Å². The second kappa shape index (κ2) is 4.67. The molecule has 6 heteroatoms. The van der Waals surface area contributed by atoms with Gasteiger partial charge < -0.3 is 10.5 Å². The quantitative estimate of drug-likeness (QED) is 0.763. The average Bonchev–Trinajstić information content (AvgIpc) is 2.10. The Balaban J connectivity index is 2.73. The normalized spacial score (nSPS) is 31.6. The van der Waals surface area contributed by atoms with Crippen LogP contribution in [0.25, 0.3) is 0 Å². The van der Waals surface area contributed by atoms with Crippen molar-refractivity contribution in [2.75, 3.05) is 19.7 Å². The summed E-state index contributed by atoms with van der Waals surface area (Å²) < 4.78 is 43.2. The van der Waals surface area contributed by atoms with E-state index >= 15 is 0 Å². The lowest BCUT2D eigenvalue weighted by atomic mass is 10.1. The highest BCUT2D eigenvalue weighted by Crippen LogP contribution is 2.27. The van der Waals surface area contributed by atoms with E-state index in [1.807, 2.05) is 0 Å². The molecule has 3 atom stereocenters. The molecule has 0 spiro atoms. The number of morpholine rings is 1. The van der Waals surface area contributed by atoms with Crippen LogP contribution in [0.3, 0.4) is 0 Å². The molecule has 0 bridgehead atoms. The molecule has 1 aliphatic rings. The van der Waals surface area contributed by atoms with Crippen LogP contribution in [0.4, 0.5) is 13.2 Å². The highest BCUT2D eigenvalue weighted by atomic mass is 19.4. The van der Waals surface area contributed by atoms with Crippen LogP contribution in [-0.4, -0.2) is 49.0 Å². The van der Waals surface area contributed by atoms with Gasteiger partial charge in [0.2, 0.25) is 0 Å². The van der Waals surface area contributed by atoms with Crippen molar-refractivity contribution < 1.29 is 17.9 Å². The van der Waals surface area contributed by atoms with Crippen molar-refractivity contribution in [1.29, 1.82) is 0 Å². The zero-order chi connectivity index (χ0) is 11.6. The zero-order valence-corrected chi connectivity index (χ0v) is 8.92. The van der Waals surface area contributed by atoms with E-state index in [9.17, 15) is 13.2 Å². The van der Waals surface area contributed by atoms with Crippen molar-refractivity contribution in [3.05, 3.63) is 0 Å². The summed E-state index contributed by atoms with van der Waals surface area (Å²) in [6, 6.07) is -1.80. The summed E-state index contributed by atoms with van der Waals surface area (Å²) in [5.74, 6) is 0. The first kappa shape index (κ1) is 12.7. The molecule has 1 rings (SSSR count). The molecular weight excluding hydrogens is 209 g/mol. The first-order chi connectivity index (χ1) is 6.86. The van der Waals surface area contributed by atoms with Crippen LogP contribution in [0, 0.1) is 0 Å². The van der Waals surface area contributed by atoms with Gasteiger partial charge in [-0.3, -0.25) is 4.90 Å². The van der Waals surface area contributed by atoms with Gasteiger partial charge in [-0.1, -0.05) is 0 Å². The monoisotopic (exact) mass is 226 g/mol. The molecule has 1 fully saturated rings. The highest BCUT2D eigenvalue weighted by Gasteiger charge is 2.45. The molecule has 1 heterocycles. The number of nitrogens with two attached hydrogens (primary N) is 1. The molecule has 0 saturated carbocycles. The summed E-state index contributed by atoms with van der Waals surface area (Å²) in [5.41, 5.74) is 5.19. The van der Waals surface area contributed by atoms with E-state index in [0.717, 1.165) is 0 Å². The van der Waals surface area contributed by atoms with Gasteiger partial charge in [0.25, 0.3) is 0 Å². The minimum atomic E-state index is -4.26. The van der Waals surface area contributed by atoms with Gasteiger partial charge in [0.1, 0.15) is 6.04 Å². The molecule has 15 heavy (non-hydrogen) atoms. The maximum atomic E-state index is 12.6. The maximum Gasteiger partial charge on any atom is 0.405 e. The molecule has 0 aromatic rings. The predicted molar refractivity (Wildman–Crippen MR) is 50.5 cm³/mol. The molecule has 0 aromatic carbocycles. The lowest BCUT2D eigenvalue weighted by Gasteiger charge is -2.41. The van der Waals surface area contributed by atoms with Gasteiger partial charge in [-0.25, -0.2) is 0 Å². The fraction of sp³-hybridized carbons (Fsp3) is 1.00. The van der Waals surface area contributed by atoms with Gasteiger partial charge in [-0.05, 0) is 13.8 Å². The molecule has 2 N–H and O–H groups in total. The molecule has 0 radical (unpaired) electrons. The predicted octanol–water partition coefficient (Wildman–Crippen LogP) is 0.985. The van der Waals surface area contributed by atoms with Crippen LogP contribution in [0.15, 0.2) is 0 Å². The van der Waals surface area contributed by atoms with Crippen LogP contribution in [0.2, 0.25) is 0 Å². The van der Waals surface area contributed by atoms with Crippen molar-refractivity contribution in [3.8, 4) is 0 Å². The summed E-state index contributed by atoms with van der Waals surface area (Å²) >= 11 is 0. The molecule has 3 nitrogen and oxygen atoms in total. The fourth-order valence-corrected chi connectivity index (χ4v) is 1.82. The van der Waals surface area contributed by atoms with E-state index in [1.54, 1.807) is 13.8 Å². The van der Waals surface area contributed by atoms with Crippen LogP contribution in [0.1, 0.15) is 13.8 Å². The van der Waals surface area contributed by atoms with E-state index in [4.69, 9.17) is 10.5 Å². The number of nitrogens with zero attached hydrogens (tertiary/aromatic N) is 1. The summed E-state index contributed by atoms with van der Waals surface area (Å²) in [6.45, 7) is 3.69. The summed E-state index contributed by atoms with van der Waals surface area (Å²) in [7, 11) is 0. The number of halogens is 3. The van der Waals surface area contributed by atoms with E-state index in [1.165, 1.54) is 4.90 Å². The van der Waals surface area contributed by atoms with E-state index in [-0.39, 0.29) is 18.7 Å². The van der Waals surface area contributed by atoms with Crippen molar-refractivity contribution >= 4 is 0 Å². The summed E-state index contributed by atoms with van der Waals surface area (Å²) in [4.78, 5) is 1.38. The highest BCUT2D eigenvalue weighted by molar-refractivity contribution is 4.86. The van der Waals surface area contributed by atoms with Crippen LogP contribution >= 0.6 is 0 Å². The molecule has 0 aromatic heterocycles. The lowest BCUT2D eigenvalue weighted by Crippen LogP contribution is -2.59. The third-order valence-electron chi connectivity index (χ3n) is 2.66. The van der Waals surface area contributed by atoms with Gasteiger partial charge in [0, 0.05) is 19.1 Å². The summed E-state index contributed by atoms with van der Waals surface area (Å²) in [5, 5.41) is 0. The van der Waals surface area contributed by atoms with Gasteiger partial charge >= 0.3 is 6.18 Å². The minimum Gasteiger partial charge on any atom is -0.376 e. The number of hydrogen-bond acceptors (Lipinski definition) is 3. The molecule has 1 aliphatic heterocycles. The number of hydrogen-bond donors (Lipinski definition) is 1. The second-order valence-corrected chi connectivity index (χ2v) is 3.98. The Morgan fingerprint density at radius 3 is 2.53 bits per heavy atom. The van der Waals surface area contributed by atoms with E-state index in [0.29, 0.717) is 6.61 Å².